The lowest BCUT2D eigenvalue weighted by molar-refractivity contribution is 0.0696. The Hall–Kier alpha value is -2.41. The van der Waals surface area contributed by atoms with Gasteiger partial charge < -0.3 is 5.11 Å². The van der Waals surface area contributed by atoms with Crippen molar-refractivity contribution in [3.63, 3.8) is 0 Å². The van der Waals surface area contributed by atoms with Gasteiger partial charge in [0.1, 0.15) is 0 Å². The van der Waals surface area contributed by atoms with Gasteiger partial charge in [0.15, 0.2) is 0 Å². The van der Waals surface area contributed by atoms with Crippen LogP contribution in [0.4, 0.5) is 5.69 Å². The van der Waals surface area contributed by atoms with Crippen molar-refractivity contribution < 1.29 is 18.3 Å². The Kier molecular flexibility index (Phi) is 3.71. The Labute approximate surface area is 116 Å². The minimum Gasteiger partial charge on any atom is -0.478 e. The van der Waals surface area contributed by atoms with Crippen molar-refractivity contribution in [1.82, 2.24) is 4.98 Å². The zero-order valence-electron chi connectivity index (χ0n) is 10.6. The van der Waals surface area contributed by atoms with Crippen molar-refractivity contribution in [3.05, 3.63) is 48.3 Å². The summed E-state index contributed by atoms with van der Waals surface area (Å²) in [6.07, 6.45) is 3.84. The first kappa shape index (κ1) is 14.0. The van der Waals surface area contributed by atoms with Crippen LogP contribution in [0.5, 0.6) is 0 Å². The van der Waals surface area contributed by atoms with E-state index in [1.807, 2.05) is 0 Å². The fourth-order valence-electron chi connectivity index (χ4n) is 1.69. The molecule has 0 unspecified atom stereocenters. The zero-order valence-corrected chi connectivity index (χ0v) is 11.4. The van der Waals surface area contributed by atoms with E-state index in [0.717, 1.165) is 6.26 Å². The molecule has 1 heterocycles. The summed E-state index contributed by atoms with van der Waals surface area (Å²) < 4.78 is 24.7. The fourth-order valence-corrected chi connectivity index (χ4v) is 2.25. The van der Waals surface area contributed by atoms with E-state index in [4.69, 9.17) is 5.11 Å². The molecule has 0 aliphatic heterocycles. The van der Waals surface area contributed by atoms with Gasteiger partial charge in [-0.05, 0) is 23.8 Å². The van der Waals surface area contributed by atoms with Gasteiger partial charge in [-0.15, -0.1) is 0 Å². The second-order valence-electron chi connectivity index (χ2n) is 4.22. The monoisotopic (exact) mass is 292 g/mol. The highest BCUT2D eigenvalue weighted by atomic mass is 32.2. The van der Waals surface area contributed by atoms with Crippen LogP contribution in [-0.4, -0.2) is 30.7 Å². The first-order chi connectivity index (χ1) is 9.35. The third-order valence-corrected chi connectivity index (χ3v) is 3.09. The van der Waals surface area contributed by atoms with Crippen LogP contribution < -0.4 is 4.72 Å². The molecule has 6 nitrogen and oxygen atoms in total. The predicted octanol–water partition coefficient (Wildman–Crippen LogP) is 1.82. The molecular weight excluding hydrogens is 280 g/mol. The van der Waals surface area contributed by atoms with Crippen LogP contribution in [0.1, 0.15) is 10.4 Å². The van der Waals surface area contributed by atoms with Gasteiger partial charge in [-0.1, -0.05) is 12.1 Å². The van der Waals surface area contributed by atoms with Crippen LogP contribution >= 0.6 is 0 Å². The van der Waals surface area contributed by atoms with Gasteiger partial charge in [0.05, 0.1) is 11.8 Å². The molecule has 0 fully saturated rings. The predicted molar refractivity (Wildman–Crippen MR) is 75.1 cm³/mol. The lowest BCUT2D eigenvalue weighted by atomic mass is 10.1. The number of hydrogen-bond donors (Lipinski definition) is 2. The van der Waals surface area contributed by atoms with Crippen molar-refractivity contribution in [1.29, 1.82) is 0 Å². The summed E-state index contributed by atoms with van der Waals surface area (Å²) in [4.78, 5) is 14.8. The molecule has 0 bridgehead atoms. The number of anilines is 1. The van der Waals surface area contributed by atoms with E-state index in [0.29, 0.717) is 16.8 Å². The van der Waals surface area contributed by atoms with Crippen molar-refractivity contribution in [2.24, 2.45) is 0 Å². The molecule has 0 atom stereocenters. The van der Waals surface area contributed by atoms with Gasteiger partial charge in [0.25, 0.3) is 0 Å². The third kappa shape index (κ3) is 3.55. The minimum atomic E-state index is -3.36. The van der Waals surface area contributed by atoms with Gasteiger partial charge in [0, 0.05) is 23.6 Å². The van der Waals surface area contributed by atoms with Crippen LogP contribution in [0, 0.1) is 0 Å². The Morgan fingerprint density at radius 2 is 1.95 bits per heavy atom. The summed E-state index contributed by atoms with van der Waals surface area (Å²) in [7, 11) is -3.36. The van der Waals surface area contributed by atoms with E-state index in [-0.39, 0.29) is 5.56 Å². The summed E-state index contributed by atoms with van der Waals surface area (Å²) in [6, 6.07) is 8.13. The number of carboxylic acids is 1. The molecule has 20 heavy (non-hydrogen) atoms. The third-order valence-electron chi connectivity index (χ3n) is 2.48. The van der Waals surface area contributed by atoms with Crippen molar-refractivity contribution in [2.45, 2.75) is 0 Å². The van der Waals surface area contributed by atoms with E-state index < -0.39 is 16.0 Å². The maximum atomic E-state index is 11.2. The van der Waals surface area contributed by atoms with E-state index in [1.54, 1.807) is 24.3 Å². The molecule has 104 valence electrons. The molecule has 0 aliphatic carbocycles. The van der Waals surface area contributed by atoms with Crippen LogP contribution in [0.15, 0.2) is 42.7 Å². The van der Waals surface area contributed by atoms with E-state index in [1.165, 1.54) is 18.5 Å². The van der Waals surface area contributed by atoms with Crippen molar-refractivity contribution in [2.75, 3.05) is 11.0 Å². The smallest absolute Gasteiger partial charge is 0.337 e. The first-order valence-corrected chi connectivity index (χ1v) is 7.51. The lowest BCUT2D eigenvalue weighted by Crippen LogP contribution is -2.09. The molecule has 2 aromatic rings. The highest BCUT2D eigenvalue weighted by molar-refractivity contribution is 7.92. The Morgan fingerprint density at radius 3 is 2.60 bits per heavy atom. The average molecular weight is 292 g/mol. The quantitative estimate of drug-likeness (QED) is 0.896. The second-order valence-corrected chi connectivity index (χ2v) is 5.97. The van der Waals surface area contributed by atoms with Gasteiger partial charge in [-0.3, -0.25) is 9.71 Å². The van der Waals surface area contributed by atoms with Crippen LogP contribution in [-0.2, 0) is 10.0 Å². The average Bonchev–Trinajstić information content (AvgIpc) is 2.37. The van der Waals surface area contributed by atoms with Gasteiger partial charge in [-0.2, -0.15) is 0 Å². The molecule has 0 aliphatic rings. The summed E-state index contributed by atoms with van der Waals surface area (Å²) in [5.74, 6) is -1.07. The number of rotatable bonds is 4. The summed E-state index contributed by atoms with van der Waals surface area (Å²) in [5, 5.41) is 8.93. The molecule has 7 heteroatoms. The maximum Gasteiger partial charge on any atom is 0.337 e. The van der Waals surface area contributed by atoms with Crippen molar-refractivity contribution >= 4 is 21.7 Å². The van der Waals surface area contributed by atoms with E-state index in [2.05, 4.69) is 9.71 Å². The van der Waals surface area contributed by atoms with Gasteiger partial charge >= 0.3 is 5.97 Å². The molecule has 0 amide bonds. The number of carbonyl (C=O) groups is 1. The highest BCUT2D eigenvalue weighted by Gasteiger charge is 2.07. The molecule has 2 rings (SSSR count). The molecule has 1 aromatic carbocycles. The number of aromatic nitrogens is 1. The van der Waals surface area contributed by atoms with Crippen molar-refractivity contribution in [3.8, 4) is 11.1 Å². The Bertz CT molecular complexity index is 756. The number of sulfonamides is 1. The standard InChI is InChI=1S/C13H12N2O4S/c1-20(18,19)15-12-4-2-3-9(6-12)10-5-11(13(16)17)8-14-7-10/h2-8,15H,1H3,(H,16,17). The summed E-state index contributed by atoms with van der Waals surface area (Å²) in [6.45, 7) is 0. The molecule has 0 spiro atoms. The molecule has 0 saturated carbocycles. The number of nitrogens with zero attached hydrogens (tertiary/aromatic N) is 1. The SMILES string of the molecule is CS(=O)(=O)Nc1cccc(-c2cncc(C(=O)O)c2)c1. The first-order valence-electron chi connectivity index (χ1n) is 5.62. The second kappa shape index (κ2) is 5.30. The lowest BCUT2D eigenvalue weighted by Gasteiger charge is -2.07. The Morgan fingerprint density at radius 1 is 1.20 bits per heavy atom. The van der Waals surface area contributed by atoms with E-state index >= 15 is 0 Å². The normalized spacial score (nSPS) is 11.1. The molecule has 1 aromatic heterocycles. The van der Waals surface area contributed by atoms with Gasteiger partial charge in [0.2, 0.25) is 10.0 Å². The molecule has 2 N–H and O–H groups in total. The number of pyridine rings is 1. The molecule has 0 saturated heterocycles. The van der Waals surface area contributed by atoms with Gasteiger partial charge in [-0.25, -0.2) is 13.2 Å². The number of benzene rings is 1. The van der Waals surface area contributed by atoms with E-state index in [9.17, 15) is 13.2 Å². The number of nitrogens with one attached hydrogen (secondary N) is 1. The fraction of sp³-hybridized carbons (Fsp3) is 0.0769. The largest absolute Gasteiger partial charge is 0.478 e. The minimum absolute atomic E-state index is 0.0731. The molecule has 0 radical (unpaired) electrons. The van der Waals surface area contributed by atoms with Crippen LogP contribution in [0.3, 0.4) is 0 Å². The maximum absolute atomic E-state index is 11.2. The summed E-state index contributed by atoms with van der Waals surface area (Å²) >= 11 is 0. The summed E-state index contributed by atoms with van der Waals surface area (Å²) in [5.41, 5.74) is 1.76. The van der Waals surface area contributed by atoms with Crippen LogP contribution in [0.25, 0.3) is 11.1 Å². The number of carboxylic acid groups (broad SMARTS) is 1. The number of aromatic carboxylic acids is 1. The number of hydrogen-bond acceptors (Lipinski definition) is 4. The van der Waals surface area contributed by atoms with Crippen LogP contribution in [0.2, 0.25) is 0 Å². The topological polar surface area (TPSA) is 96.4 Å². The molecular formula is C13H12N2O4S. The zero-order chi connectivity index (χ0) is 14.8. The highest BCUT2D eigenvalue weighted by Crippen LogP contribution is 2.23. The Balaban J connectivity index is 2.41.